The van der Waals surface area contributed by atoms with Crippen LogP contribution in [0, 0.1) is 23.1 Å². The Morgan fingerprint density at radius 1 is 1.29 bits per heavy atom. The quantitative estimate of drug-likeness (QED) is 0.147. The number of likely N-dealkylation sites (N-methyl/N-ethyl adjacent to an activating group) is 1. The van der Waals surface area contributed by atoms with E-state index >= 15 is 4.39 Å². The second-order valence-electron chi connectivity index (χ2n) is 10.7. The average molecular weight is 576 g/mol. The van der Waals surface area contributed by atoms with Gasteiger partial charge in [0.1, 0.15) is 22.9 Å². The summed E-state index contributed by atoms with van der Waals surface area (Å²) in [6.45, 7) is 0.813. The van der Waals surface area contributed by atoms with Crippen LogP contribution in [0.1, 0.15) is 24.0 Å². The van der Waals surface area contributed by atoms with Gasteiger partial charge in [0.05, 0.1) is 29.5 Å². The van der Waals surface area contributed by atoms with Crippen molar-refractivity contribution in [3.8, 4) is 5.75 Å². The van der Waals surface area contributed by atoms with Crippen molar-refractivity contribution in [3.05, 3.63) is 39.9 Å². The molecule has 3 aliphatic carbocycles. The number of anilines is 1. The Labute approximate surface area is 235 Å². The summed E-state index contributed by atoms with van der Waals surface area (Å²) in [4.78, 5) is 39.9. The Bertz CT molecular complexity index is 1390. The molecule has 1 aromatic carbocycles. The summed E-state index contributed by atoms with van der Waals surface area (Å²) >= 11 is 0. The van der Waals surface area contributed by atoms with Crippen molar-refractivity contribution in [2.45, 2.75) is 30.9 Å². The van der Waals surface area contributed by atoms with Crippen molar-refractivity contribution < 1.29 is 43.9 Å². The molecule has 1 aromatic rings. The zero-order chi connectivity index (χ0) is 30.4. The number of benzene rings is 1. The number of halogens is 1. The van der Waals surface area contributed by atoms with Gasteiger partial charge in [0.15, 0.2) is 11.4 Å². The van der Waals surface area contributed by atoms with Crippen molar-refractivity contribution in [2.24, 2.45) is 17.6 Å². The van der Waals surface area contributed by atoms with Crippen molar-refractivity contribution in [1.82, 2.24) is 10.2 Å². The summed E-state index contributed by atoms with van der Waals surface area (Å²) in [5.41, 5.74) is -0.108. The van der Waals surface area contributed by atoms with Crippen molar-refractivity contribution in [3.63, 3.8) is 0 Å². The minimum atomic E-state index is -2.66. The maximum Gasteiger partial charge on any atom is 0.254 e. The third kappa shape index (κ3) is 4.86. The second kappa shape index (κ2) is 11.2. The monoisotopic (exact) mass is 575 g/mol. The summed E-state index contributed by atoms with van der Waals surface area (Å²) in [5.74, 6) is -7.86. The van der Waals surface area contributed by atoms with E-state index in [1.54, 1.807) is 21.2 Å². The number of hydrogen-bond donors (Lipinski definition) is 8. The number of nitrogens with two attached hydrogens (primary N) is 1. The number of ether oxygens (including phenoxy) is 1. The summed E-state index contributed by atoms with van der Waals surface area (Å²) in [5, 5.41) is 58.5. The number of fused-ring (bicyclic) bond motifs is 3. The van der Waals surface area contributed by atoms with Gasteiger partial charge in [-0.2, -0.15) is 0 Å². The van der Waals surface area contributed by atoms with Gasteiger partial charge in [0.25, 0.3) is 5.91 Å². The number of amides is 2. The van der Waals surface area contributed by atoms with Crippen molar-refractivity contribution >= 4 is 34.8 Å². The van der Waals surface area contributed by atoms with Crippen LogP contribution in [0.5, 0.6) is 5.75 Å². The minimum Gasteiger partial charge on any atom is -0.510 e. The normalized spacial score (nSPS) is 25.7. The number of nitrogens with one attached hydrogen (secondary N) is 3. The highest BCUT2D eigenvalue weighted by molar-refractivity contribution is 6.34. The molecule has 0 saturated heterocycles. The van der Waals surface area contributed by atoms with Gasteiger partial charge in [0, 0.05) is 36.8 Å². The minimum absolute atomic E-state index is 0.0875. The first-order valence-corrected chi connectivity index (χ1v) is 13.0. The Morgan fingerprint density at radius 2 is 1.98 bits per heavy atom. The first-order valence-electron chi connectivity index (χ1n) is 13.0. The molecule has 4 rings (SSSR count). The molecule has 41 heavy (non-hydrogen) atoms. The first kappa shape index (κ1) is 30.1. The molecule has 2 amide bonds. The number of Topliss-reactive ketones (excluding diaryl/α,β-unsaturated/α-hetero) is 1. The van der Waals surface area contributed by atoms with E-state index in [4.69, 9.17) is 15.9 Å². The lowest BCUT2D eigenvalue weighted by Crippen LogP contribution is -2.67. The number of methoxy groups -OCH3 is 1. The molecule has 1 saturated carbocycles. The number of phenolic OH excluding ortho intramolecular Hbond substituents is 1. The highest BCUT2D eigenvalue weighted by Crippen LogP contribution is 2.53. The lowest BCUT2D eigenvalue weighted by Gasteiger charge is -2.51. The third-order valence-electron chi connectivity index (χ3n) is 7.98. The summed E-state index contributed by atoms with van der Waals surface area (Å²) < 4.78 is 20.3. The summed E-state index contributed by atoms with van der Waals surface area (Å²) in [6, 6.07) is -0.173. The molecule has 0 radical (unpaired) electrons. The summed E-state index contributed by atoms with van der Waals surface area (Å²) in [7, 11) is 4.63. The highest BCUT2D eigenvalue weighted by atomic mass is 19.1. The fraction of sp³-hybridized carbons (Fsp3) is 0.481. The largest absolute Gasteiger partial charge is 0.510 e. The molecule has 0 bridgehead atoms. The predicted octanol–water partition coefficient (Wildman–Crippen LogP) is 0.118. The molecule has 4 atom stereocenters. The molecule has 3 aliphatic rings. The molecule has 222 valence electrons. The van der Waals surface area contributed by atoms with Crippen LogP contribution >= 0.6 is 0 Å². The molecule has 14 heteroatoms. The van der Waals surface area contributed by atoms with Gasteiger partial charge >= 0.3 is 0 Å². The van der Waals surface area contributed by atoms with E-state index in [0.717, 1.165) is 6.07 Å². The molecule has 0 heterocycles. The number of hydrogen-bond acceptors (Lipinski definition) is 11. The molecular weight excluding hydrogens is 541 g/mol. The number of aliphatic hydroxyl groups is 3. The molecule has 1 fully saturated rings. The van der Waals surface area contributed by atoms with Gasteiger partial charge in [0.2, 0.25) is 11.7 Å². The van der Waals surface area contributed by atoms with E-state index in [1.807, 2.05) is 0 Å². The predicted molar refractivity (Wildman–Crippen MR) is 145 cm³/mol. The maximum atomic E-state index is 15.4. The molecule has 9 N–H and O–H groups in total. The van der Waals surface area contributed by atoms with E-state index in [2.05, 4.69) is 10.6 Å². The van der Waals surface area contributed by atoms with E-state index in [0.29, 0.717) is 19.6 Å². The van der Waals surface area contributed by atoms with Gasteiger partial charge in [-0.05, 0) is 45.8 Å². The van der Waals surface area contributed by atoms with Gasteiger partial charge in [-0.3, -0.25) is 19.3 Å². The van der Waals surface area contributed by atoms with Crippen LogP contribution in [0.25, 0.3) is 5.76 Å². The van der Waals surface area contributed by atoms with E-state index in [-0.39, 0.29) is 36.2 Å². The lowest BCUT2D eigenvalue weighted by atomic mass is 9.57. The molecule has 0 unspecified atom stereocenters. The molecule has 0 aromatic heterocycles. The number of carbonyl (C=O) groups excluding carboxylic acids is 3. The Hall–Kier alpha value is -3.85. The maximum absolute atomic E-state index is 15.4. The van der Waals surface area contributed by atoms with E-state index in [9.17, 15) is 34.8 Å². The SMILES string of the molecule is COCCCNCC(=O)Nc1cc(F)c2c(c1O)C(O)=C1C(=O)[C@]3(O)C(=N)C(C(N)=O)=C(O)[C@@H](N(C)C)[C@@H]3C[C@@H]1C2. The summed E-state index contributed by atoms with van der Waals surface area (Å²) in [6.07, 6.45) is 0.396. The number of primary amides is 1. The van der Waals surface area contributed by atoms with Crippen molar-refractivity contribution in [2.75, 3.05) is 46.2 Å². The Morgan fingerprint density at radius 3 is 2.59 bits per heavy atom. The fourth-order valence-electron chi connectivity index (χ4n) is 6.16. The number of aliphatic hydroxyl groups excluding tert-OH is 2. The smallest absolute Gasteiger partial charge is 0.254 e. The van der Waals surface area contributed by atoms with Crippen LogP contribution in [0.2, 0.25) is 0 Å². The van der Waals surface area contributed by atoms with Crippen LogP contribution < -0.4 is 16.4 Å². The van der Waals surface area contributed by atoms with Gasteiger partial charge in [-0.1, -0.05) is 0 Å². The zero-order valence-corrected chi connectivity index (χ0v) is 22.9. The number of rotatable bonds is 9. The van der Waals surface area contributed by atoms with Gasteiger partial charge < -0.3 is 46.9 Å². The number of aromatic hydroxyl groups is 1. The standard InChI is InChI=1S/C27H34FN5O8/c1-33(2)20-13-8-11-7-12-14(28)9-15(32-16(34)10-31-5-4-6-41-3)21(35)18(12)22(36)17(11)25(38)27(13,40)24(29)19(23(20)37)26(30)39/h9,11,13,20,29,31,35-37,40H,4-8,10H2,1-3H3,(H2,30,39)(H,32,34)/t11-,13-,20-,27+/m0/s1. The van der Waals surface area contributed by atoms with E-state index < -0.39 is 81.0 Å². The number of carbonyl (C=O) groups is 3. The number of ketones is 1. The molecule has 0 aliphatic heterocycles. The Balaban J connectivity index is 1.74. The average Bonchev–Trinajstić information content (AvgIpc) is 2.88. The fourth-order valence-corrected chi connectivity index (χ4v) is 6.16. The highest BCUT2D eigenvalue weighted by Gasteiger charge is 2.63. The lowest BCUT2D eigenvalue weighted by molar-refractivity contribution is -0.138. The van der Waals surface area contributed by atoms with Crippen LogP contribution in [0.15, 0.2) is 23.0 Å². The number of phenols is 1. The second-order valence-corrected chi connectivity index (χ2v) is 10.7. The van der Waals surface area contributed by atoms with Crippen LogP contribution in [-0.2, 0) is 25.5 Å². The molecular formula is C27H34FN5O8. The third-order valence-corrected chi connectivity index (χ3v) is 7.98. The Kier molecular flexibility index (Phi) is 8.23. The first-order chi connectivity index (χ1) is 19.3. The van der Waals surface area contributed by atoms with Crippen molar-refractivity contribution in [1.29, 1.82) is 5.41 Å². The van der Waals surface area contributed by atoms with Crippen LogP contribution in [-0.4, -0.2) is 101 Å². The molecule has 0 spiro atoms. The zero-order valence-electron chi connectivity index (χ0n) is 22.9. The van der Waals surface area contributed by atoms with Crippen LogP contribution in [0.3, 0.4) is 0 Å². The molecule has 13 nitrogen and oxygen atoms in total. The van der Waals surface area contributed by atoms with Gasteiger partial charge in [-0.15, -0.1) is 0 Å². The van der Waals surface area contributed by atoms with Crippen LogP contribution in [0.4, 0.5) is 10.1 Å². The van der Waals surface area contributed by atoms with Gasteiger partial charge in [-0.25, -0.2) is 4.39 Å². The van der Waals surface area contributed by atoms with E-state index in [1.165, 1.54) is 4.90 Å². The number of nitrogens with zero attached hydrogens (tertiary/aromatic N) is 1. The topological polar surface area (TPSA) is 219 Å².